The van der Waals surface area contributed by atoms with E-state index in [9.17, 15) is 18.0 Å². The summed E-state index contributed by atoms with van der Waals surface area (Å²) < 4.78 is 44.6. The monoisotopic (exact) mass is 435 g/mol. The van der Waals surface area contributed by atoms with Crippen LogP contribution in [0.5, 0.6) is 5.75 Å². The maximum absolute atomic E-state index is 12.7. The van der Waals surface area contributed by atoms with Gasteiger partial charge >= 0.3 is 6.18 Å². The fraction of sp³-hybridized carbons (Fsp3) is 0.235. The molecule has 0 aliphatic heterocycles. The molecule has 8 heteroatoms. The molecule has 0 aromatic heterocycles. The van der Waals surface area contributed by atoms with Crippen molar-refractivity contribution in [2.75, 3.05) is 11.9 Å². The minimum absolute atomic E-state index is 0.0132. The Kier molecular flexibility index (Phi) is 6.35. The fourth-order valence-electron chi connectivity index (χ4n) is 2.09. The summed E-state index contributed by atoms with van der Waals surface area (Å²) in [4.78, 5) is 12.0. The molecule has 0 atom stereocenters. The highest BCUT2D eigenvalue weighted by molar-refractivity contribution is 9.10. The number of benzene rings is 2. The van der Waals surface area contributed by atoms with Gasteiger partial charge in [0.2, 0.25) is 0 Å². The van der Waals surface area contributed by atoms with Crippen molar-refractivity contribution in [2.45, 2.75) is 19.5 Å². The van der Waals surface area contributed by atoms with Crippen molar-refractivity contribution in [2.24, 2.45) is 0 Å². The zero-order chi connectivity index (χ0) is 18.6. The van der Waals surface area contributed by atoms with Gasteiger partial charge in [-0.05, 0) is 48.4 Å². The molecule has 25 heavy (non-hydrogen) atoms. The average Bonchev–Trinajstić information content (AvgIpc) is 2.54. The number of nitrogens with one attached hydrogen (secondary N) is 1. The van der Waals surface area contributed by atoms with Crippen molar-refractivity contribution in [3.63, 3.8) is 0 Å². The van der Waals surface area contributed by atoms with E-state index in [1.54, 1.807) is 12.1 Å². The summed E-state index contributed by atoms with van der Waals surface area (Å²) in [7, 11) is 0. The largest absolute Gasteiger partial charge is 0.483 e. The number of ether oxygens (including phenoxy) is 1. The second-order valence-electron chi connectivity index (χ2n) is 5.13. The van der Waals surface area contributed by atoms with Crippen LogP contribution >= 0.6 is 27.5 Å². The lowest BCUT2D eigenvalue weighted by atomic mass is 10.1. The number of amides is 1. The molecule has 0 heterocycles. The third-order valence-electron chi connectivity index (χ3n) is 3.33. The van der Waals surface area contributed by atoms with Crippen LogP contribution in [0.1, 0.15) is 18.1 Å². The lowest BCUT2D eigenvalue weighted by molar-refractivity contribution is -0.137. The van der Waals surface area contributed by atoms with Gasteiger partial charge in [-0.3, -0.25) is 4.79 Å². The minimum Gasteiger partial charge on any atom is -0.483 e. The van der Waals surface area contributed by atoms with Gasteiger partial charge in [0.25, 0.3) is 5.91 Å². The fourth-order valence-corrected chi connectivity index (χ4v) is 2.67. The van der Waals surface area contributed by atoms with Crippen molar-refractivity contribution < 1.29 is 22.7 Å². The Morgan fingerprint density at radius 3 is 2.60 bits per heavy atom. The SMILES string of the molecule is CCc1cc(Br)ccc1OCC(=O)Nc1cc(C(F)(F)F)ccc1Cl. The predicted octanol–water partition coefficient (Wildman–Crippen LogP) is 5.70. The third kappa shape index (κ3) is 5.37. The molecule has 0 aliphatic carbocycles. The van der Waals surface area contributed by atoms with E-state index in [0.717, 1.165) is 28.2 Å². The molecule has 2 aromatic carbocycles. The van der Waals surface area contributed by atoms with E-state index in [1.165, 1.54) is 0 Å². The summed E-state index contributed by atoms with van der Waals surface area (Å²) >= 11 is 9.20. The van der Waals surface area contributed by atoms with Gasteiger partial charge in [-0.1, -0.05) is 34.5 Å². The Bertz CT molecular complexity index is 781. The van der Waals surface area contributed by atoms with E-state index in [-0.39, 0.29) is 17.3 Å². The highest BCUT2D eigenvalue weighted by Crippen LogP contribution is 2.33. The number of anilines is 1. The topological polar surface area (TPSA) is 38.3 Å². The molecule has 0 bridgehead atoms. The lowest BCUT2D eigenvalue weighted by Crippen LogP contribution is -2.21. The second-order valence-corrected chi connectivity index (χ2v) is 6.46. The molecular weight excluding hydrogens is 423 g/mol. The van der Waals surface area contributed by atoms with E-state index in [1.807, 2.05) is 13.0 Å². The van der Waals surface area contributed by atoms with Gasteiger partial charge in [0.05, 0.1) is 16.3 Å². The predicted molar refractivity (Wildman–Crippen MR) is 94.1 cm³/mol. The molecule has 0 saturated carbocycles. The Morgan fingerprint density at radius 2 is 1.96 bits per heavy atom. The molecule has 134 valence electrons. The van der Waals surface area contributed by atoms with Crippen LogP contribution in [-0.2, 0) is 17.4 Å². The van der Waals surface area contributed by atoms with E-state index in [0.29, 0.717) is 12.2 Å². The number of carbonyl (C=O) groups is 1. The van der Waals surface area contributed by atoms with Crippen LogP contribution in [0.4, 0.5) is 18.9 Å². The smallest absolute Gasteiger partial charge is 0.416 e. The van der Waals surface area contributed by atoms with Crippen LogP contribution in [0.15, 0.2) is 40.9 Å². The Hall–Kier alpha value is -1.73. The van der Waals surface area contributed by atoms with E-state index in [2.05, 4.69) is 21.2 Å². The first-order chi connectivity index (χ1) is 11.7. The van der Waals surface area contributed by atoms with Gasteiger partial charge < -0.3 is 10.1 Å². The molecule has 0 spiro atoms. The number of hydrogen-bond donors (Lipinski definition) is 1. The minimum atomic E-state index is -4.52. The van der Waals surface area contributed by atoms with Crippen molar-refractivity contribution in [1.29, 1.82) is 0 Å². The highest BCUT2D eigenvalue weighted by atomic mass is 79.9. The van der Waals surface area contributed by atoms with Crippen LogP contribution in [0.25, 0.3) is 0 Å². The van der Waals surface area contributed by atoms with Crippen LogP contribution in [-0.4, -0.2) is 12.5 Å². The van der Waals surface area contributed by atoms with Gasteiger partial charge in [0.1, 0.15) is 5.75 Å². The maximum Gasteiger partial charge on any atom is 0.416 e. The summed E-state index contributed by atoms with van der Waals surface area (Å²) in [5, 5.41) is 2.35. The molecule has 1 N–H and O–H groups in total. The summed E-state index contributed by atoms with van der Waals surface area (Å²) in [6.07, 6.45) is -3.82. The van der Waals surface area contributed by atoms with Crippen LogP contribution in [0, 0.1) is 0 Å². The van der Waals surface area contributed by atoms with Crippen molar-refractivity contribution >= 4 is 39.1 Å². The molecule has 0 radical (unpaired) electrons. The van der Waals surface area contributed by atoms with Crippen molar-refractivity contribution in [3.8, 4) is 5.75 Å². The number of carbonyl (C=O) groups excluding carboxylic acids is 1. The van der Waals surface area contributed by atoms with Gasteiger partial charge in [0, 0.05) is 4.47 Å². The molecule has 0 saturated heterocycles. The zero-order valence-electron chi connectivity index (χ0n) is 13.1. The first-order valence-electron chi connectivity index (χ1n) is 7.28. The first kappa shape index (κ1) is 19.6. The maximum atomic E-state index is 12.7. The number of hydrogen-bond acceptors (Lipinski definition) is 2. The molecule has 2 aromatic rings. The standard InChI is InChI=1S/C17H14BrClF3NO2/c1-2-10-7-12(18)4-6-15(10)25-9-16(24)23-14-8-11(17(20,21)22)3-5-13(14)19/h3-8H,2,9H2,1H3,(H,23,24). The number of halogens is 5. The van der Waals surface area contributed by atoms with Crippen LogP contribution in [0.3, 0.4) is 0 Å². The molecule has 0 unspecified atom stereocenters. The molecule has 1 amide bonds. The Labute approximate surface area is 156 Å². The van der Waals surface area contributed by atoms with E-state index in [4.69, 9.17) is 16.3 Å². The summed E-state index contributed by atoms with van der Waals surface area (Å²) in [6, 6.07) is 8.09. The molecule has 0 aliphatic rings. The summed E-state index contributed by atoms with van der Waals surface area (Å²) in [6.45, 7) is 1.60. The molecule has 0 fully saturated rings. The molecular formula is C17H14BrClF3NO2. The van der Waals surface area contributed by atoms with Crippen LogP contribution in [0.2, 0.25) is 5.02 Å². The van der Waals surface area contributed by atoms with Gasteiger partial charge in [-0.15, -0.1) is 0 Å². The third-order valence-corrected chi connectivity index (χ3v) is 4.15. The summed E-state index contributed by atoms with van der Waals surface area (Å²) in [5.74, 6) is -0.0674. The molecule has 3 nitrogen and oxygen atoms in total. The van der Waals surface area contributed by atoms with Crippen molar-refractivity contribution in [1.82, 2.24) is 0 Å². The van der Waals surface area contributed by atoms with Gasteiger partial charge in [0.15, 0.2) is 6.61 Å². The number of alkyl halides is 3. The lowest BCUT2D eigenvalue weighted by Gasteiger charge is -2.13. The van der Waals surface area contributed by atoms with Gasteiger partial charge in [-0.2, -0.15) is 13.2 Å². The quantitative estimate of drug-likeness (QED) is 0.653. The second kappa shape index (κ2) is 8.10. The highest BCUT2D eigenvalue weighted by Gasteiger charge is 2.31. The van der Waals surface area contributed by atoms with Crippen LogP contribution < -0.4 is 10.1 Å². The summed E-state index contributed by atoms with van der Waals surface area (Å²) in [5.41, 5.74) is -0.106. The first-order valence-corrected chi connectivity index (χ1v) is 8.45. The normalized spacial score (nSPS) is 11.3. The number of aryl methyl sites for hydroxylation is 1. The zero-order valence-corrected chi connectivity index (χ0v) is 15.4. The molecule has 2 rings (SSSR count). The van der Waals surface area contributed by atoms with Crippen molar-refractivity contribution in [3.05, 3.63) is 57.0 Å². The average molecular weight is 437 g/mol. The van der Waals surface area contributed by atoms with E-state index < -0.39 is 17.6 Å². The van der Waals surface area contributed by atoms with Gasteiger partial charge in [-0.25, -0.2) is 0 Å². The Morgan fingerprint density at radius 1 is 1.24 bits per heavy atom. The Balaban J connectivity index is 2.06. The number of rotatable bonds is 5. The van der Waals surface area contributed by atoms with E-state index >= 15 is 0 Å².